The van der Waals surface area contributed by atoms with Crippen molar-refractivity contribution >= 4 is 11.1 Å². The van der Waals surface area contributed by atoms with Crippen LogP contribution < -0.4 is 0 Å². The molecule has 0 aliphatic carbocycles. The normalized spacial score (nSPS) is 11.1. The number of benzene rings is 4. The molecule has 0 heterocycles. The van der Waals surface area contributed by atoms with Gasteiger partial charge in [0.25, 0.3) is 0 Å². The van der Waals surface area contributed by atoms with E-state index in [4.69, 9.17) is 11.1 Å². The second-order valence-corrected chi connectivity index (χ2v) is 7.65. The van der Waals surface area contributed by atoms with Crippen LogP contribution in [0.15, 0.2) is 119 Å². The summed E-state index contributed by atoms with van der Waals surface area (Å²) in [6.45, 7) is 0.638. The first-order chi connectivity index (χ1) is 16.8. The molecule has 0 saturated heterocycles. The fraction of sp³-hybridized carbons (Fsp3) is 0.0714. The Morgan fingerprint density at radius 3 is 1.12 bits per heavy atom. The maximum atomic E-state index is 8.64. The van der Waals surface area contributed by atoms with Crippen LogP contribution in [-0.4, -0.2) is 0 Å². The predicted octanol–water partition coefficient (Wildman–Crippen LogP) is 8.31. The molecule has 0 atom stereocenters. The third-order valence-corrected chi connectivity index (χ3v) is 5.49. The Balaban J connectivity index is 1.95. The van der Waals surface area contributed by atoms with Gasteiger partial charge in [-0.05, 0) is 55.6 Å². The van der Waals surface area contributed by atoms with Crippen LogP contribution in [-0.2, 0) is 13.1 Å². The molecule has 34 heavy (non-hydrogen) atoms. The minimum absolute atomic E-state index is 0.319. The van der Waals surface area contributed by atoms with Crippen molar-refractivity contribution in [2.75, 3.05) is 0 Å². The van der Waals surface area contributed by atoms with Gasteiger partial charge < -0.3 is 0 Å². The number of azide groups is 2. The molecular formula is C28H22N6. The van der Waals surface area contributed by atoms with Crippen LogP contribution in [0.1, 0.15) is 33.4 Å². The van der Waals surface area contributed by atoms with E-state index in [1.165, 1.54) is 0 Å². The fourth-order valence-corrected chi connectivity index (χ4v) is 3.90. The number of nitrogens with zero attached hydrogens (tertiary/aromatic N) is 6. The molecule has 4 rings (SSSR count). The fourth-order valence-electron chi connectivity index (χ4n) is 3.90. The topological polar surface area (TPSA) is 97.5 Å². The largest absolute Gasteiger partial charge is 0.0893 e. The van der Waals surface area contributed by atoms with Crippen molar-refractivity contribution in [3.63, 3.8) is 0 Å². The summed E-state index contributed by atoms with van der Waals surface area (Å²) >= 11 is 0. The van der Waals surface area contributed by atoms with E-state index in [-0.39, 0.29) is 0 Å². The zero-order valence-corrected chi connectivity index (χ0v) is 18.5. The van der Waals surface area contributed by atoms with Crippen molar-refractivity contribution in [3.8, 4) is 0 Å². The van der Waals surface area contributed by atoms with Gasteiger partial charge in [-0.3, -0.25) is 0 Å². The second kappa shape index (κ2) is 11.2. The molecule has 0 aromatic heterocycles. The number of hydrogen-bond acceptors (Lipinski definition) is 2. The third-order valence-electron chi connectivity index (χ3n) is 5.49. The molecule has 0 spiro atoms. The van der Waals surface area contributed by atoms with Gasteiger partial charge in [-0.2, -0.15) is 0 Å². The Morgan fingerprint density at radius 2 is 0.794 bits per heavy atom. The zero-order valence-electron chi connectivity index (χ0n) is 18.5. The lowest BCUT2D eigenvalue weighted by Gasteiger charge is -2.18. The first kappa shape index (κ1) is 22.4. The smallest absolute Gasteiger partial charge is 0.0510 e. The molecule has 0 saturated carbocycles. The Labute approximate surface area is 198 Å². The molecule has 4 aromatic carbocycles. The Morgan fingerprint density at radius 1 is 0.471 bits per heavy atom. The predicted molar refractivity (Wildman–Crippen MR) is 136 cm³/mol. The third kappa shape index (κ3) is 5.34. The molecule has 0 unspecified atom stereocenters. The van der Waals surface area contributed by atoms with Crippen LogP contribution in [0.25, 0.3) is 32.0 Å². The molecule has 0 amide bonds. The summed E-state index contributed by atoms with van der Waals surface area (Å²) in [6, 6.07) is 36.9. The lowest BCUT2D eigenvalue weighted by molar-refractivity contribution is 1.05. The summed E-state index contributed by atoms with van der Waals surface area (Å²) in [5.74, 6) is 0. The summed E-state index contributed by atoms with van der Waals surface area (Å²) in [5, 5.41) is 7.35. The molecule has 164 valence electrons. The van der Waals surface area contributed by atoms with Crippen LogP contribution >= 0.6 is 0 Å². The van der Waals surface area contributed by atoms with E-state index in [0.29, 0.717) is 13.1 Å². The zero-order chi connectivity index (χ0) is 23.6. The molecule has 4 aromatic rings. The highest BCUT2D eigenvalue weighted by atomic mass is 15.1. The average Bonchev–Trinajstić information content (AvgIpc) is 2.91. The van der Waals surface area contributed by atoms with Gasteiger partial charge in [-0.1, -0.05) is 119 Å². The van der Waals surface area contributed by atoms with Crippen LogP contribution in [0.5, 0.6) is 0 Å². The summed E-state index contributed by atoms with van der Waals surface area (Å²) in [7, 11) is 0. The maximum Gasteiger partial charge on any atom is 0.0510 e. The summed E-state index contributed by atoms with van der Waals surface area (Å²) in [5.41, 5.74) is 25.7. The lowest BCUT2D eigenvalue weighted by atomic mass is 9.85. The summed E-state index contributed by atoms with van der Waals surface area (Å²) < 4.78 is 0. The van der Waals surface area contributed by atoms with Crippen molar-refractivity contribution in [3.05, 3.63) is 163 Å². The SMILES string of the molecule is [N-]=[N+]=NCc1ccc(C(=C(c2ccccc2)c2ccc(CN=[N+]=[N-])cc2)c2ccccc2)cc1. The molecule has 0 bridgehead atoms. The van der Waals surface area contributed by atoms with Crippen LogP contribution in [0.2, 0.25) is 0 Å². The Kier molecular flexibility index (Phi) is 7.40. The van der Waals surface area contributed by atoms with Crippen LogP contribution in [0.3, 0.4) is 0 Å². The van der Waals surface area contributed by atoms with Gasteiger partial charge >= 0.3 is 0 Å². The quantitative estimate of drug-likeness (QED) is 0.113. The minimum Gasteiger partial charge on any atom is -0.0893 e. The van der Waals surface area contributed by atoms with Gasteiger partial charge in [0, 0.05) is 9.82 Å². The van der Waals surface area contributed by atoms with Crippen molar-refractivity contribution in [2.24, 2.45) is 10.2 Å². The van der Waals surface area contributed by atoms with E-state index in [1.807, 2.05) is 60.7 Å². The van der Waals surface area contributed by atoms with Crippen molar-refractivity contribution in [2.45, 2.75) is 13.1 Å². The highest BCUT2D eigenvalue weighted by Crippen LogP contribution is 2.37. The highest BCUT2D eigenvalue weighted by Gasteiger charge is 2.16. The second-order valence-electron chi connectivity index (χ2n) is 7.65. The number of rotatable bonds is 8. The van der Waals surface area contributed by atoms with E-state index in [1.54, 1.807) is 0 Å². The van der Waals surface area contributed by atoms with Gasteiger partial charge in [-0.15, -0.1) is 0 Å². The van der Waals surface area contributed by atoms with Gasteiger partial charge in [0.2, 0.25) is 0 Å². The molecule has 0 aliphatic heterocycles. The molecule has 6 nitrogen and oxygen atoms in total. The van der Waals surface area contributed by atoms with Gasteiger partial charge in [-0.25, -0.2) is 0 Å². The maximum absolute atomic E-state index is 8.64. The average molecular weight is 443 g/mol. The molecule has 0 radical (unpaired) electrons. The van der Waals surface area contributed by atoms with E-state index >= 15 is 0 Å². The highest BCUT2D eigenvalue weighted by molar-refractivity contribution is 6.04. The van der Waals surface area contributed by atoms with Crippen LogP contribution in [0.4, 0.5) is 0 Å². The monoisotopic (exact) mass is 442 g/mol. The first-order valence-corrected chi connectivity index (χ1v) is 10.9. The van der Waals surface area contributed by atoms with E-state index in [0.717, 1.165) is 44.5 Å². The minimum atomic E-state index is 0.319. The first-order valence-electron chi connectivity index (χ1n) is 10.9. The Bertz CT molecular complexity index is 1250. The van der Waals surface area contributed by atoms with E-state index in [9.17, 15) is 0 Å². The lowest BCUT2D eigenvalue weighted by Crippen LogP contribution is -1.98. The van der Waals surface area contributed by atoms with Crippen molar-refractivity contribution < 1.29 is 0 Å². The van der Waals surface area contributed by atoms with Crippen molar-refractivity contribution in [1.29, 1.82) is 0 Å². The summed E-state index contributed by atoms with van der Waals surface area (Å²) in [4.78, 5) is 5.72. The van der Waals surface area contributed by atoms with E-state index in [2.05, 4.69) is 68.6 Å². The molecule has 0 N–H and O–H groups in total. The number of hydrogen-bond donors (Lipinski definition) is 0. The van der Waals surface area contributed by atoms with Crippen molar-refractivity contribution in [1.82, 2.24) is 0 Å². The molecule has 0 fully saturated rings. The standard InChI is InChI=1S/C28H22N6/c29-33-31-19-21-11-15-25(16-12-21)27(23-7-3-1-4-8-23)28(24-9-5-2-6-10-24)26-17-13-22(14-18-26)20-32-34-30/h1-18H,19-20H2. The van der Waals surface area contributed by atoms with E-state index < -0.39 is 0 Å². The Hall–Kier alpha value is -4.76. The summed E-state index contributed by atoms with van der Waals surface area (Å²) in [6.07, 6.45) is 0. The van der Waals surface area contributed by atoms with Gasteiger partial charge in [0.1, 0.15) is 0 Å². The van der Waals surface area contributed by atoms with Gasteiger partial charge in [0.15, 0.2) is 0 Å². The molecule has 6 heteroatoms. The van der Waals surface area contributed by atoms with Gasteiger partial charge in [0.05, 0.1) is 13.1 Å². The molecular weight excluding hydrogens is 420 g/mol. The molecule has 0 aliphatic rings. The van der Waals surface area contributed by atoms with Crippen LogP contribution in [0, 0.1) is 0 Å².